The maximum Gasteiger partial charge on any atom is 0.257 e. The standard InChI is InChI=1S/C9H15F2N3.ClH/c1-3-12-4-8-5-13-14(7(8)2)6-9(10)11;/h5,9,12H,3-4,6H2,1-2H3;1H. The van der Waals surface area contributed by atoms with Crippen molar-refractivity contribution in [3.63, 3.8) is 0 Å². The summed E-state index contributed by atoms with van der Waals surface area (Å²) in [6, 6.07) is 0. The van der Waals surface area contributed by atoms with Crippen LogP contribution in [0.4, 0.5) is 8.78 Å². The first-order chi connectivity index (χ1) is 6.65. The Labute approximate surface area is 94.3 Å². The Morgan fingerprint density at radius 2 is 2.20 bits per heavy atom. The van der Waals surface area contributed by atoms with Gasteiger partial charge in [-0.1, -0.05) is 6.92 Å². The van der Waals surface area contributed by atoms with Crippen molar-refractivity contribution in [2.75, 3.05) is 6.54 Å². The molecule has 0 saturated carbocycles. The Morgan fingerprint density at radius 1 is 1.53 bits per heavy atom. The van der Waals surface area contributed by atoms with E-state index < -0.39 is 6.43 Å². The largest absolute Gasteiger partial charge is 0.313 e. The van der Waals surface area contributed by atoms with Crippen molar-refractivity contribution in [1.82, 2.24) is 15.1 Å². The van der Waals surface area contributed by atoms with Crippen LogP contribution in [-0.4, -0.2) is 22.8 Å². The van der Waals surface area contributed by atoms with Gasteiger partial charge in [0.05, 0.1) is 6.20 Å². The third kappa shape index (κ3) is 4.13. The van der Waals surface area contributed by atoms with Crippen LogP contribution in [0.15, 0.2) is 6.20 Å². The quantitative estimate of drug-likeness (QED) is 0.852. The Bertz CT molecular complexity index is 289. The van der Waals surface area contributed by atoms with Crippen LogP contribution in [0.3, 0.4) is 0 Å². The van der Waals surface area contributed by atoms with E-state index >= 15 is 0 Å². The molecule has 1 aromatic heterocycles. The second kappa shape index (κ2) is 6.74. The highest BCUT2D eigenvalue weighted by Crippen LogP contribution is 2.08. The third-order valence-corrected chi connectivity index (χ3v) is 2.08. The van der Waals surface area contributed by atoms with Crippen LogP contribution in [0.5, 0.6) is 0 Å². The monoisotopic (exact) mass is 239 g/mol. The number of halogens is 3. The van der Waals surface area contributed by atoms with Crippen molar-refractivity contribution in [2.24, 2.45) is 0 Å². The number of rotatable bonds is 5. The lowest BCUT2D eigenvalue weighted by Gasteiger charge is -2.04. The first kappa shape index (κ1) is 14.3. The van der Waals surface area contributed by atoms with E-state index in [1.165, 1.54) is 4.68 Å². The number of nitrogens with zero attached hydrogens (tertiary/aromatic N) is 2. The molecule has 0 aliphatic heterocycles. The summed E-state index contributed by atoms with van der Waals surface area (Å²) in [5, 5.41) is 7.04. The van der Waals surface area contributed by atoms with Crippen LogP contribution in [-0.2, 0) is 13.1 Å². The molecule has 15 heavy (non-hydrogen) atoms. The van der Waals surface area contributed by atoms with Gasteiger partial charge in [-0.2, -0.15) is 5.10 Å². The van der Waals surface area contributed by atoms with Gasteiger partial charge in [-0.05, 0) is 13.5 Å². The number of hydrogen-bond donors (Lipinski definition) is 1. The highest BCUT2D eigenvalue weighted by molar-refractivity contribution is 5.85. The summed E-state index contributed by atoms with van der Waals surface area (Å²) in [5.74, 6) is 0. The smallest absolute Gasteiger partial charge is 0.257 e. The molecule has 0 saturated heterocycles. The van der Waals surface area contributed by atoms with E-state index in [0.717, 1.165) is 17.8 Å². The molecule has 88 valence electrons. The lowest BCUT2D eigenvalue weighted by atomic mass is 10.2. The SMILES string of the molecule is CCNCc1cnn(CC(F)F)c1C.Cl. The molecule has 0 unspecified atom stereocenters. The summed E-state index contributed by atoms with van der Waals surface area (Å²) in [5.41, 5.74) is 1.79. The van der Waals surface area contributed by atoms with E-state index in [4.69, 9.17) is 0 Å². The molecule has 1 aromatic rings. The van der Waals surface area contributed by atoms with Gasteiger partial charge in [-0.15, -0.1) is 12.4 Å². The van der Waals surface area contributed by atoms with Crippen molar-refractivity contribution < 1.29 is 8.78 Å². The lowest BCUT2D eigenvalue weighted by molar-refractivity contribution is 0.121. The van der Waals surface area contributed by atoms with Crippen LogP contribution >= 0.6 is 12.4 Å². The van der Waals surface area contributed by atoms with Gasteiger partial charge >= 0.3 is 0 Å². The third-order valence-electron chi connectivity index (χ3n) is 2.08. The molecule has 6 heteroatoms. The molecule has 0 bridgehead atoms. The summed E-state index contributed by atoms with van der Waals surface area (Å²) < 4.78 is 25.5. The second-order valence-corrected chi connectivity index (χ2v) is 3.11. The molecule has 1 N–H and O–H groups in total. The summed E-state index contributed by atoms with van der Waals surface area (Å²) in [6.07, 6.45) is -0.707. The predicted molar refractivity (Wildman–Crippen MR) is 57.6 cm³/mol. The summed E-state index contributed by atoms with van der Waals surface area (Å²) in [6.45, 7) is 5.03. The average Bonchev–Trinajstić information content (AvgIpc) is 2.45. The van der Waals surface area contributed by atoms with Crippen molar-refractivity contribution in [1.29, 1.82) is 0 Å². The number of nitrogens with one attached hydrogen (secondary N) is 1. The van der Waals surface area contributed by atoms with Gasteiger partial charge in [-0.25, -0.2) is 8.78 Å². The minimum Gasteiger partial charge on any atom is -0.313 e. The number of hydrogen-bond acceptors (Lipinski definition) is 2. The first-order valence-electron chi connectivity index (χ1n) is 4.65. The first-order valence-corrected chi connectivity index (χ1v) is 4.65. The molecule has 0 aliphatic rings. The van der Waals surface area contributed by atoms with Gasteiger partial charge in [0.1, 0.15) is 6.54 Å². The average molecular weight is 240 g/mol. The Morgan fingerprint density at radius 3 is 2.73 bits per heavy atom. The highest BCUT2D eigenvalue weighted by atomic mass is 35.5. The van der Waals surface area contributed by atoms with Gasteiger partial charge in [0.2, 0.25) is 0 Å². The fraction of sp³-hybridized carbons (Fsp3) is 0.667. The molecular weight excluding hydrogens is 224 g/mol. The lowest BCUT2D eigenvalue weighted by Crippen LogP contribution is -2.13. The molecule has 1 heterocycles. The summed E-state index contributed by atoms with van der Waals surface area (Å²) >= 11 is 0. The van der Waals surface area contributed by atoms with Crippen LogP contribution in [0, 0.1) is 6.92 Å². The minimum atomic E-state index is -2.35. The Hall–Kier alpha value is -0.680. The van der Waals surface area contributed by atoms with Crippen molar-refractivity contribution in [3.8, 4) is 0 Å². The topological polar surface area (TPSA) is 29.9 Å². The highest BCUT2D eigenvalue weighted by Gasteiger charge is 2.09. The van der Waals surface area contributed by atoms with Gasteiger partial charge in [0, 0.05) is 17.8 Å². The molecule has 0 spiro atoms. The van der Waals surface area contributed by atoms with E-state index in [0.29, 0.717) is 6.54 Å². The Balaban J connectivity index is 0.00000196. The maximum absolute atomic E-state index is 12.1. The minimum absolute atomic E-state index is 0. The molecule has 0 amide bonds. The molecule has 0 fully saturated rings. The molecule has 0 radical (unpaired) electrons. The molecular formula is C9H16ClF2N3. The molecule has 0 atom stereocenters. The zero-order valence-corrected chi connectivity index (χ0v) is 9.65. The van der Waals surface area contributed by atoms with E-state index in [-0.39, 0.29) is 19.0 Å². The van der Waals surface area contributed by atoms with Gasteiger partial charge in [0.25, 0.3) is 6.43 Å². The van der Waals surface area contributed by atoms with Crippen LogP contribution in [0.1, 0.15) is 18.2 Å². The van der Waals surface area contributed by atoms with E-state index in [2.05, 4.69) is 10.4 Å². The maximum atomic E-state index is 12.1. The summed E-state index contributed by atoms with van der Waals surface area (Å²) in [7, 11) is 0. The zero-order valence-electron chi connectivity index (χ0n) is 8.83. The van der Waals surface area contributed by atoms with Crippen molar-refractivity contribution in [3.05, 3.63) is 17.5 Å². The van der Waals surface area contributed by atoms with Gasteiger partial charge < -0.3 is 5.32 Å². The predicted octanol–water partition coefficient (Wildman–Crippen LogP) is 1.99. The number of aromatic nitrogens is 2. The van der Waals surface area contributed by atoms with E-state index in [1.807, 2.05) is 13.8 Å². The van der Waals surface area contributed by atoms with Crippen molar-refractivity contribution >= 4 is 12.4 Å². The molecule has 0 aliphatic carbocycles. The summed E-state index contributed by atoms with van der Waals surface area (Å²) in [4.78, 5) is 0. The second-order valence-electron chi connectivity index (χ2n) is 3.11. The zero-order chi connectivity index (χ0) is 10.6. The van der Waals surface area contributed by atoms with Crippen LogP contribution in [0.2, 0.25) is 0 Å². The van der Waals surface area contributed by atoms with Crippen LogP contribution in [0.25, 0.3) is 0 Å². The van der Waals surface area contributed by atoms with E-state index in [9.17, 15) is 8.78 Å². The molecule has 0 aromatic carbocycles. The van der Waals surface area contributed by atoms with E-state index in [1.54, 1.807) is 6.20 Å². The fourth-order valence-electron chi connectivity index (χ4n) is 1.23. The molecule has 3 nitrogen and oxygen atoms in total. The fourth-order valence-corrected chi connectivity index (χ4v) is 1.23. The van der Waals surface area contributed by atoms with Gasteiger partial charge in [0.15, 0.2) is 0 Å². The Kier molecular flexibility index (Phi) is 6.43. The van der Waals surface area contributed by atoms with Crippen LogP contribution < -0.4 is 5.32 Å². The number of alkyl halides is 2. The molecule has 1 rings (SSSR count). The van der Waals surface area contributed by atoms with Gasteiger partial charge in [-0.3, -0.25) is 4.68 Å². The van der Waals surface area contributed by atoms with Crippen molar-refractivity contribution in [2.45, 2.75) is 33.4 Å². The normalized spacial score (nSPS) is 10.5.